The van der Waals surface area contributed by atoms with Crippen LogP contribution >= 0.6 is 0 Å². The van der Waals surface area contributed by atoms with Crippen molar-refractivity contribution in [3.63, 3.8) is 0 Å². The Bertz CT molecular complexity index is 1340. The maximum Gasteiger partial charge on any atom is 0.437 e. The summed E-state index contributed by atoms with van der Waals surface area (Å²) in [5, 5.41) is 13.1. The number of carbonyl (C=O) groups is 1. The average Bonchev–Trinajstić information content (AvgIpc) is 3.42. The number of aromatic nitrogens is 2. The van der Waals surface area contributed by atoms with Gasteiger partial charge in [-0.3, -0.25) is 0 Å². The maximum atomic E-state index is 13.2. The zero-order valence-corrected chi connectivity index (χ0v) is 19.3. The Morgan fingerprint density at radius 1 is 1.23 bits per heavy atom. The Kier molecular flexibility index (Phi) is 6.90. The van der Waals surface area contributed by atoms with Gasteiger partial charge in [-0.25, -0.2) is 4.79 Å². The summed E-state index contributed by atoms with van der Waals surface area (Å²) >= 11 is 0. The van der Waals surface area contributed by atoms with Crippen molar-refractivity contribution < 1.29 is 37.1 Å². The van der Waals surface area contributed by atoms with Crippen molar-refractivity contribution in [2.24, 2.45) is 0 Å². The Labute approximate surface area is 199 Å². The van der Waals surface area contributed by atoms with E-state index < -0.39 is 23.9 Å². The second-order valence-electron chi connectivity index (χ2n) is 8.23. The lowest BCUT2D eigenvalue weighted by Gasteiger charge is -2.13. The van der Waals surface area contributed by atoms with E-state index in [9.17, 15) is 18.0 Å². The molecule has 1 unspecified atom stereocenters. The molecule has 7 nitrogen and oxygen atoms in total. The predicted molar refractivity (Wildman–Crippen MR) is 123 cm³/mol. The van der Waals surface area contributed by atoms with Gasteiger partial charge >= 0.3 is 12.1 Å². The number of rotatable bonds is 10. The first-order valence-electron chi connectivity index (χ1n) is 11.3. The van der Waals surface area contributed by atoms with Crippen molar-refractivity contribution in [3.8, 4) is 11.5 Å². The lowest BCUT2D eigenvalue weighted by Crippen LogP contribution is -2.22. The van der Waals surface area contributed by atoms with Crippen LogP contribution in [-0.2, 0) is 23.9 Å². The number of aryl methyl sites for hydroxylation is 2. The maximum absolute atomic E-state index is 13.2. The fourth-order valence-corrected chi connectivity index (χ4v) is 3.99. The summed E-state index contributed by atoms with van der Waals surface area (Å²) in [5.41, 5.74) is 0.641. The second-order valence-corrected chi connectivity index (χ2v) is 8.23. The minimum absolute atomic E-state index is 0.0618. The molecule has 0 saturated carbocycles. The van der Waals surface area contributed by atoms with Crippen LogP contribution in [0.5, 0.6) is 11.5 Å². The summed E-state index contributed by atoms with van der Waals surface area (Å²) in [4.78, 5) is 11.0. The van der Waals surface area contributed by atoms with Crippen molar-refractivity contribution in [1.82, 2.24) is 9.72 Å². The van der Waals surface area contributed by atoms with Gasteiger partial charge in [0.2, 0.25) is 0 Å². The molecule has 0 bridgehead atoms. The van der Waals surface area contributed by atoms with Crippen LogP contribution in [0.3, 0.4) is 0 Å². The first-order valence-corrected chi connectivity index (χ1v) is 11.3. The van der Waals surface area contributed by atoms with E-state index in [1.54, 1.807) is 18.2 Å². The van der Waals surface area contributed by atoms with Crippen LogP contribution in [-0.4, -0.2) is 33.5 Å². The lowest BCUT2D eigenvalue weighted by atomic mass is 10.0. The summed E-state index contributed by atoms with van der Waals surface area (Å²) in [5.74, 6) is -0.0580. The molecular weight excluding hydrogens is 465 g/mol. The van der Waals surface area contributed by atoms with Crippen LogP contribution in [0.15, 0.2) is 47.1 Å². The van der Waals surface area contributed by atoms with Crippen LogP contribution in [0.4, 0.5) is 13.2 Å². The first kappa shape index (κ1) is 24.4. The number of aliphatic carboxylic acids is 1. The van der Waals surface area contributed by atoms with Crippen LogP contribution < -0.4 is 9.47 Å². The van der Waals surface area contributed by atoms with Crippen molar-refractivity contribution in [1.29, 1.82) is 0 Å². The third kappa shape index (κ3) is 5.21. The number of benzene rings is 2. The van der Waals surface area contributed by atoms with Crippen molar-refractivity contribution in [2.45, 2.75) is 51.9 Å². The van der Waals surface area contributed by atoms with E-state index in [0.717, 1.165) is 10.9 Å². The number of hydrogen-bond acceptors (Lipinski definition) is 5. The molecule has 0 saturated heterocycles. The molecule has 10 heteroatoms. The van der Waals surface area contributed by atoms with Gasteiger partial charge < -0.3 is 23.7 Å². The van der Waals surface area contributed by atoms with Gasteiger partial charge in [-0.1, -0.05) is 18.5 Å². The number of hydrogen-bond donors (Lipinski definition) is 1. The summed E-state index contributed by atoms with van der Waals surface area (Å²) < 4.78 is 58.0. The number of alkyl halides is 3. The molecule has 1 N–H and O–H groups in total. The van der Waals surface area contributed by atoms with Crippen molar-refractivity contribution >= 4 is 27.8 Å². The first-order chi connectivity index (χ1) is 16.7. The molecule has 0 radical (unpaired) electrons. The molecule has 0 aliphatic carbocycles. The van der Waals surface area contributed by atoms with Gasteiger partial charge in [0.05, 0.1) is 12.0 Å². The van der Waals surface area contributed by atoms with Gasteiger partial charge in [0.15, 0.2) is 17.4 Å². The summed E-state index contributed by atoms with van der Waals surface area (Å²) in [6, 6.07) is 10.2. The lowest BCUT2D eigenvalue weighted by molar-refractivity contribution is -0.144. The van der Waals surface area contributed by atoms with Crippen LogP contribution in [0.1, 0.15) is 37.9 Å². The Morgan fingerprint density at radius 2 is 2.03 bits per heavy atom. The number of halogens is 3. The highest BCUT2D eigenvalue weighted by molar-refractivity contribution is 5.85. The summed E-state index contributed by atoms with van der Waals surface area (Å²) in [7, 11) is 0. The molecule has 0 spiro atoms. The van der Waals surface area contributed by atoms with Crippen LogP contribution in [0.25, 0.3) is 21.9 Å². The highest BCUT2D eigenvalue weighted by atomic mass is 19.4. The van der Waals surface area contributed by atoms with Crippen molar-refractivity contribution in [2.75, 3.05) is 6.61 Å². The van der Waals surface area contributed by atoms with Crippen LogP contribution in [0, 0.1) is 0 Å². The van der Waals surface area contributed by atoms with E-state index in [0.29, 0.717) is 49.5 Å². The predicted octanol–water partition coefficient (Wildman–Crippen LogP) is 6.07. The molecule has 2 aromatic heterocycles. The molecule has 4 rings (SSSR count). The van der Waals surface area contributed by atoms with Gasteiger partial charge in [-0.15, -0.1) is 0 Å². The molecule has 4 aromatic rings. The van der Waals surface area contributed by atoms with Gasteiger partial charge in [0, 0.05) is 29.2 Å². The molecule has 2 heterocycles. The standard InChI is InChI=1S/C25H25F3N2O5/c1-3-5-18-21(9-7-19-22(18)35-29-23(19)25(26,27)28)33-13-4-11-30-12-10-16-14-17(6-8-20(16)30)34-15(2)24(31)32/h6-10,12,14-15H,3-5,11,13H2,1-2H3,(H,31,32). The smallest absolute Gasteiger partial charge is 0.437 e. The number of carboxylic acid groups (broad SMARTS) is 1. The van der Waals surface area contributed by atoms with E-state index in [1.807, 2.05) is 29.8 Å². The van der Waals surface area contributed by atoms with E-state index in [4.69, 9.17) is 19.1 Å². The molecule has 186 valence electrons. The SMILES string of the molecule is CCCc1c(OCCCn2ccc3cc(OC(C)C(=O)O)ccc32)ccc2c(C(F)(F)F)noc12. The third-order valence-corrected chi connectivity index (χ3v) is 5.67. The fraction of sp³-hybridized carbons (Fsp3) is 0.360. The van der Waals surface area contributed by atoms with Crippen molar-refractivity contribution in [3.05, 3.63) is 53.9 Å². The van der Waals surface area contributed by atoms with Crippen LogP contribution in [0.2, 0.25) is 0 Å². The molecule has 0 fully saturated rings. The van der Waals surface area contributed by atoms with Gasteiger partial charge in [0.1, 0.15) is 11.5 Å². The van der Waals surface area contributed by atoms with Gasteiger partial charge in [0.25, 0.3) is 0 Å². The minimum atomic E-state index is -4.59. The van der Waals surface area contributed by atoms with Gasteiger partial charge in [-0.2, -0.15) is 13.2 Å². The molecule has 0 aliphatic rings. The minimum Gasteiger partial charge on any atom is -0.493 e. The Hall–Kier alpha value is -3.69. The third-order valence-electron chi connectivity index (χ3n) is 5.67. The van der Waals surface area contributed by atoms with Gasteiger partial charge in [-0.05, 0) is 56.2 Å². The highest BCUT2D eigenvalue weighted by Crippen LogP contribution is 2.38. The molecule has 0 aliphatic heterocycles. The zero-order chi connectivity index (χ0) is 25.2. The number of carboxylic acids is 1. The normalized spacial score (nSPS) is 12.8. The van der Waals surface area contributed by atoms with E-state index in [1.165, 1.54) is 13.0 Å². The highest BCUT2D eigenvalue weighted by Gasteiger charge is 2.37. The number of nitrogens with zero attached hydrogens (tertiary/aromatic N) is 2. The summed E-state index contributed by atoms with van der Waals surface area (Å²) in [6.07, 6.45) is -1.72. The molecule has 2 aromatic carbocycles. The fourth-order valence-electron chi connectivity index (χ4n) is 3.99. The summed E-state index contributed by atoms with van der Waals surface area (Å²) in [6.45, 7) is 4.42. The molecular formula is C25H25F3N2O5. The van der Waals surface area contributed by atoms with E-state index in [-0.39, 0.29) is 11.0 Å². The quantitative estimate of drug-likeness (QED) is 0.271. The average molecular weight is 490 g/mol. The zero-order valence-electron chi connectivity index (χ0n) is 19.3. The Morgan fingerprint density at radius 3 is 2.74 bits per heavy atom. The number of ether oxygens (including phenoxy) is 2. The molecule has 0 amide bonds. The topological polar surface area (TPSA) is 86.7 Å². The van der Waals surface area contributed by atoms with E-state index >= 15 is 0 Å². The van der Waals surface area contributed by atoms with E-state index in [2.05, 4.69) is 5.16 Å². The monoisotopic (exact) mass is 490 g/mol. The Balaban J connectivity index is 1.42. The molecule has 35 heavy (non-hydrogen) atoms. The largest absolute Gasteiger partial charge is 0.493 e. The second kappa shape index (κ2) is 9.89. The number of fused-ring (bicyclic) bond motifs is 2. The molecule has 1 atom stereocenters.